The summed E-state index contributed by atoms with van der Waals surface area (Å²) in [6.07, 6.45) is 2.14. The third kappa shape index (κ3) is 5.48. The fourth-order valence-electron chi connectivity index (χ4n) is 9.74. The summed E-state index contributed by atoms with van der Waals surface area (Å²) in [5.74, 6) is -6.71. The number of likely N-dealkylation sites (tertiary alicyclic amines) is 1. The number of imide groups is 2. The van der Waals surface area contributed by atoms with Crippen LogP contribution in [-0.2, 0) is 30.8 Å². The van der Waals surface area contributed by atoms with Crippen LogP contribution < -0.4 is 10.2 Å². The van der Waals surface area contributed by atoms with Gasteiger partial charge in [-0.05, 0) is 73.6 Å². The number of pyridine rings is 1. The van der Waals surface area contributed by atoms with Gasteiger partial charge < -0.3 is 9.84 Å². The molecular weight excluding hydrogens is 748 g/mol. The lowest BCUT2D eigenvalue weighted by atomic mass is 9.49. The number of amides is 4. The van der Waals surface area contributed by atoms with Gasteiger partial charge in [0, 0.05) is 28.7 Å². The van der Waals surface area contributed by atoms with Crippen LogP contribution in [0.2, 0.25) is 10.0 Å². The molecule has 2 saturated heterocycles. The molecule has 10 nitrogen and oxygen atoms in total. The van der Waals surface area contributed by atoms with Crippen LogP contribution in [-0.4, -0.2) is 56.8 Å². The summed E-state index contributed by atoms with van der Waals surface area (Å²) in [4.78, 5) is 63.9. The van der Waals surface area contributed by atoms with Crippen LogP contribution in [0.3, 0.4) is 0 Å². The zero-order valence-corrected chi connectivity index (χ0v) is 30.4. The number of aromatic nitrogens is 1. The van der Waals surface area contributed by atoms with Gasteiger partial charge in [0.25, 0.3) is 11.8 Å². The Bertz CT molecular complexity index is 2110. The maximum absolute atomic E-state index is 15.3. The number of carbonyl (C=O) groups is 4. The molecule has 8 rings (SSSR count). The highest BCUT2D eigenvalue weighted by Gasteiger charge is 2.71. The molecule has 15 heteroatoms. The highest BCUT2D eigenvalue weighted by Crippen LogP contribution is 2.65. The van der Waals surface area contributed by atoms with E-state index in [-0.39, 0.29) is 47.8 Å². The molecule has 3 aliphatic carbocycles. The molecule has 2 aliphatic heterocycles. The summed E-state index contributed by atoms with van der Waals surface area (Å²) in [6, 6.07) is 11.4. The van der Waals surface area contributed by atoms with Crippen LogP contribution in [0.1, 0.15) is 67.6 Å². The summed E-state index contributed by atoms with van der Waals surface area (Å²) in [6.45, 7) is 0. The molecule has 2 N–H and O–H groups in total. The number of hydrazine groups is 1. The Balaban J connectivity index is 1.31. The predicted molar refractivity (Wildman–Crippen MR) is 190 cm³/mol. The highest BCUT2D eigenvalue weighted by molar-refractivity contribution is 6.33. The lowest BCUT2D eigenvalue weighted by Gasteiger charge is -2.50. The summed E-state index contributed by atoms with van der Waals surface area (Å²) >= 11 is 12.6. The van der Waals surface area contributed by atoms with E-state index >= 15 is 4.79 Å². The van der Waals surface area contributed by atoms with Gasteiger partial charge in [0.1, 0.15) is 11.5 Å². The van der Waals surface area contributed by atoms with E-state index in [4.69, 9.17) is 27.9 Å². The average molecular weight is 784 g/mol. The second kappa shape index (κ2) is 13.3. The van der Waals surface area contributed by atoms with Crippen molar-refractivity contribution in [3.63, 3.8) is 0 Å². The van der Waals surface area contributed by atoms with Crippen molar-refractivity contribution in [3.8, 4) is 11.5 Å². The summed E-state index contributed by atoms with van der Waals surface area (Å²) in [5.41, 5.74) is 0.937. The van der Waals surface area contributed by atoms with E-state index in [0.717, 1.165) is 37.1 Å². The molecule has 282 valence electrons. The molecule has 0 bridgehead atoms. The molecule has 5 aliphatic rings. The van der Waals surface area contributed by atoms with E-state index in [1.807, 2.05) is 6.08 Å². The second-order valence-corrected chi connectivity index (χ2v) is 15.5. The number of rotatable bonds is 6. The van der Waals surface area contributed by atoms with Crippen LogP contribution in [0.4, 0.5) is 19.0 Å². The third-order valence-electron chi connectivity index (χ3n) is 12.1. The van der Waals surface area contributed by atoms with Gasteiger partial charge >= 0.3 is 6.18 Å². The molecule has 0 radical (unpaired) electrons. The summed E-state index contributed by atoms with van der Waals surface area (Å²) in [7, 11) is 1.45. The number of aromatic hydroxyl groups is 1. The van der Waals surface area contributed by atoms with Gasteiger partial charge in [-0.3, -0.25) is 29.5 Å². The molecule has 3 aromatic rings. The number of phenols is 1. The number of nitrogens with zero attached hydrogens (tertiary/aromatic N) is 3. The zero-order valence-electron chi connectivity index (χ0n) is 28.9. The minimum atomic E-state index is -4.75. The van der Waals surface area contributed by atoms with E-state index < -0.39 is 63.6 Å². The van der Waals surface area contributed by atoms with Crippen molar-refractivity contribution in [2.24, 2.45) is 23.7 Å². The first kappa shape index (κ1) is 36.4. The van der Waals surface area contributed by atoms with Crippen LogP contribution in [0.5, 0.6) is 11.5 Å². The van der Waals surface area contributed by atoms with Crippen LogP contribution in [0, 0.1) is 23.7 Å². The topological polar surface area (TPSA) is 129 Å². The number of hydrogen-bond donors (Lipinski definition) is 2. The second-order valence-electron chi connectivity index (χ2n) is 14.7. The number of fused-ring (bicyclic) bond motifs is 4. The number of alkyl halides is 3. The Kier molecular flexibility index (Phi) is 8.95. The SMILES string of the molecule is COc1ccc(O)c(C2C3=CCC4C(=O)N(C5CCCCC5)C(=O)C4C3CC3C(=O)N(Nc4ncc(C(F)(F)F)cc4Cl)C(=O)C32c2ccc(Cl)cc2)c1. The van der Waals surface area contributed by atoms with Gasteiger partial charge in [-0.2, -0.15) is 18.2 Å². The molecule has 4 fully saturated rings. The van der Waals surface area contributed by atoms with E-state index in [9.17, 15) is 32.7 Å². The molecular formula is C39H35Cl2F3N4O6. The Morgan fingerprint density at radius 3 is 2.33 bits per heavy atom. The van der Waals surface area contributed by atoms with Crippen LogP contribution in [0.15, 0.2) is 66.4 Å². The molecule has 2 saturated carbocycles. The van der Waals surface area contributed by atoms with Crippen molar-refractivity contribution in [2.75, 3.05) is 12.5 Å². The Morgan fingerprint density at radius 1 is 0.944 bits per heavy atom. The fraction of sp³-hybridized carbons (Fsp3) is 0.410. The number of ether oxygens (including phenoxy) is 1. The number of anilines is 1. The molecule has 2 aromatic carbocycles. The van der Waals surface area contributed by atoms with Gasteiger partial charge in [-0.15, -0.1) is 0 Å². The highest BCUT2D eigenvalue weighted by atomic mass is 35.5. The first-order chi connectivity index (χ1) is 25.8. The quantitative estimate of drug-likeness (QED) is 0.195. The number of hydrogen-bond acceptors (Lipinski definition) is 8. The zero-order chi connectivity index (χ0) is 38.3. The largest absolute Gasteiger partial charge is 0.508 e. The van der Waals surface area contributed by atoms with Crippen LogP contribution in [0.25, 0.3) is 0 Å². The summed E-state index contributed by atoms with van der Waals surface area (Å²) in [5, 5.41) is 12.2. The van der Waals surface area contributed by atoms with Gasteiger partial charge in [-0.25, -0.2) is 4.98 Å². The molecule has 0 spiro atoms. The normalized spacial score (nSPS) is 28.5. The van der Waals surface area contributed by atoms with E-state index in [1.54, 1.807) is 36.4 Å². The number of benzene rings is 2. The van der Waals surface area contributed by atoms with Crippen molar-refractivity contribution in [1.82, 2.24) is 14.9 Å². The van der Waals surface area contributed by atoms with E-state index in [0.29, 0.717) is 34.2 Å². The van der Waals surface area contributed by atoms with Gasteiger partial charge in [0.05, 0.1) is 40.9 Å². The average Bonchev–Trinajstić information content (AvgIpc) is 3.53. The molecule has 4 amide bonds. The van der Waals surface area contributed by atoms with Crippen molar-refractivity contribution >= 4 is 52.6 Å². The Morgan fingerprint density at radius 2 is 1.67 bits per heavy atom. The molecule has 6 atom stereocenters. The smallest absolute Gasteiger partial charge is 0.417 e. The van der Waals surface area contributed by atoms with Crippen molar-refractivity contribution < 1.29 is 42.2 Å². The monoisotopic (exact) mass is 782 g/mol. The minimum Gasteiger partial charge on any atom is -0.508 e. The van der Waals surface area contributed by atoms with E-state index in [1.165, 1.54) is 18.1 Å². The number of methoxy groups -OCH3 is 1. The molecule has 1 aromatic heterocycles. The van der Waals surface area contributed by atoms with Gasteiger partial charge in [-0.1, -0.05) is 66.2 Å². The van der Waals surface area contributed by atoms with E-state index in [2.05, 4.69) is 10.4 Å². The number of phenolic OH excluding ortho intramolecular Hbond substituents is 1. The third-order valence-corrected chi connectivity index (χ3v) is 12.6. The standard InChI is InChI=1S/C39H35Cl2F3N4O6/c1-54-23-11-14-30(49)27(16-23)32-24-12-13-25-31(36(52)47(34(25)50)22-5-3-2-4-6-22)26(24)17-28-35(51)48(37(53)38(28,32)19-7-9-21(40)10-8-19)46-33-29(41)15-20(18-45-33)39(42,43)44/h7-12,14-16,18,22,25-26,28,31-32,49H,2-6,13,17H2,1H3,(H,45,46). The predicted octanol–water partition coefficient (Wildman–Crippen LogP) is 7.44. The Hall–Kier alpha value is -4.62. The molecule has 6 unspecified atom stereocenters. The first-order valence-electron chi connectivity index (χ1n) is 17.8. The fourth-order valence-corrected chi connectivity index (χ4v) is 10.1. The minimum absolute atomic E-state index is 0.0225. The van der Waals surface area contributed by atoms with Crippen molar-refractivity contribution in [2.45, 2.75) is 68.5 Å². The lowest BCUT2D eigenvalue weighted by Crippen LogP contribution is -2.53. The van der Waals surface area contributed by atoms with Gasteiger partial charge in [0.15, 0.2) is 5.82 Å². The molecule has 54 heavy (non-hydrogen) atoms. The number of halogens is 5. The maximum Gasteiger partial charge on any atom is 0.417 e. The van der Waals surface area contributed by atoms with Crippen molar-refractivity contribution in [3.05, 3.63) is 93.1 Å². The number of nitrogens with one attached hydrogen (secondary N) is 1. The molecule has 3 heterocycles. The summed E-state index contributed by atoms with van der Waals surface area (Å²) < 4.78 is 46.0. The number of allylic oxidation sites excluding steroid dienone is 2. The van der Waals surface area contributed by atoms with Crippen molar-refractivity contribution in [1.29, 1.82) is 0 Å². The first-order valence-corrected chi connectivity index (χ1v) is 18.6. The van der Waals surface area contributed by atoms with Crippen LogP contribution >= 0.6 is 23.2 Å². The van der Waals surface area contributed by atoms with Gasteiger partial charge in [0.2, 0.25) is 11.8 Å². The number of carbonyl (C=O) groups excluding carboxylic acids is 4. The lowest BCUT2D eigenvalue weighted by molar-refractivity contribution is -0.144. The maximum atomic E-state index is 15.3. The Labute approximate surface area is 318 Å².